The quantitative estimate of drug-likeness (QED) is 0.811. The Labute approximate surface area is 149 Å². The van der Waals surface area contributed by atoms with Crippen LogP contribution >= 0.6 is 0 Å². The Morgan fingerprint density at radius 3 is 2.28 bits per heavy atom. The van der Waals surface area contributed by atoms with Crippen molar-refractivity contribution in [2.45, 2.75) is 38.3 Å². The third-order valence-electron chi connectivity index (χ3n) is 5.79. The molecule has 142 valence electrons. The summed E-state index contributed by atoms with van der Waals surface area (Å²) in [6.45, 7) is 5.33. The molecule has 1 unspecified atom stereocenters. The zero-order chi connectivity index (χ0) is 17.6. The summed E-state index contributed by atoms with van der Waals surface area (Å²) in [4.78, 5) is 28.3. The van der Waals surface area contributed by atoms with Crippen molar-refractivity contribution in [2.75, 3.05) is 52.5 Å². The van der Waals surface area contributed by atoms with Gasteiger partial charge in [0, 0.05) is 38.5 Å². The molecule has 0 aliphatic carbocycles. The van der Waals surface area contributed by atoms with Crippen LogP contribution in [0.3, 0.4) is 0 Å². The van der Waals surface area contributed by atoms with Crippen molar-refractivity contribution in [1.29, 1.82) is 0 Å². The molecule has 0 radical (unpaired) electrons. The van der Waals surface area contributed by atoms with Gasteiger partial charge in [0.25, 0.3) is 5.91 Å². The number of carbonyl (C=O) groups excluding carboxylic acids is 2. The second-order valence-corrected chi connectivity index (χ2v) is 7.46. The van der Waals surface area contributed by atoms with E-state index in [9.17, 15) is 14.0 Å². The molecular weight excluding hydrogens is 325 g/mol. The van der Waals surface area contributed by atoms with Gasteiger partial charge in [-0.25, -0.2) is 4.39 Å². The normalized spacial score (nSPS) is 25.0. The molecule has 25 heavy (non-hydrogen) atoms. The van der Waals surface area contributed by atoms with Crippen molar-refractivity contribution >= 4 is 11.8 Å². The predicted molar refractivity (Wildman–Crippen MR) is 91.8 cm³/mol. The molecule has 0 aromatic carbocycles. The number of hydrogen-bond donors (Lipinski definition) is 1. The van der Waals surface area contributed by atoms with Crippen molar-refractivity contribution in [3.63, 3.8) is 0 Å². The number of carbonyl (C=O) groups is 2. The number of piperidine rings is 2. The lowest BCUT2D eigenvalue weighted by Crippen LogP contribution is -2.47. The molecule has 1 N–H and O–H groups in total. The lowest BCUT2D eigenvalue weighted by Gasteiger charge is -2.35. The Hall–Kier alpha value is -1.21. The molecule has 1 atom stereocenters. The molecule has 3 aliphatic rings. The number of likely N-dealkylation sites (tertiary alicyclic amines) is 1. The molecule has 3 aliphatic heterocycles. The standard InChI is InChI=1S/C18H30FN3O3/c19-17(15-1-5-20-6-2-15)18(24)22-7-3-14(4-8-22)13-16(23)21-9-11-25-12-10-21/h14-15,17,20H,1-13H2. The highest BCUT2D eigenvalue weighted by Gasteiger charge is 2.34. The van der Waals surface area contributed by atoms with Gasteiger partial charge in [-0.3, -0.25) is 9.59 Å². The van der Waals surface area contributed by atoms with E-state index in [1.807, 2.05) is 4.90 Å². The van der Waals surface area contributed by atoms with Crippen molar-refractivity contribution in [1.82, 2.24) is 15.1 Å². The number of hydrogen-bond acceptors (Lipinski definition) is 4. The fraction of sp³-hybridized carbons (Fsp3) is 0.889. The zero-order valence-corrected chi connectivity index (χ0v) is 14.9. The highest BCUT2D eigenvalue weighted by molar-refractivity contribution is 5.81. The summed E-state index contributed by atoms with van der Waals surface area (Å²) in [5.74, 6) is 0.00159. The minimum absolute atomic E-state index is 0.144. The maximum Gasteiger partial charge on any atom is 0.257 e. The topological polar surface area (TPSA) is 61.9 Å². The maximum absolute atomic E-state index is 14.5. The number of nitrogens with zero attached hydrogens (tertiary/aromatic N) is 2. The SMILES string of the molecule is O=C(CC1CCN(C(=O)C(F)C2CCNCC2)CC1)N1CCOCC1. The van der Waals surface area contributed by atoms with Gasteiger partial charge in [0.15, 0.2) is 6.17 Å². The van der Waals surface area contributed by atoms with Gasteiger partial charge in [0.05, 0.1) is 13.2 Å². The van der Waals surface area contributed by atoms with Crippen molar-refractivity contribution < 1.29 is 18.7 Å². The van der Waals surface area contributed by atoms with Crippen molar-refractivity contribution in [3.05, 3.63) is 0 Å². The van der Waals surface area contributed by atoms with E-state index in [-0.39, 0.29) is 17.7 Å². The fourth-order valence-electron chi connectivity index (χ4n) is 4.06. The van der Waals surface area contributed by atoms with Crippen LogP contribution in [0.5, 0.6) is 0 Å². The van der Waals surface area contributed by atoms with Crippen LogP contribution in [0.15, 0.2) is 0 Å². The largest absolute Gasteiger partial charge is 0.378 e. The number of nitrogens with one attached hydrogen (secondary N) is 1. The zero-order valence-electron chi connectivity index (χ0n) is 14.9. The summed E-state index contributed by atoms with van der Waals surface area (Å²) in [5, 5.41) is 3.20. The molecule has 3 fully saturated rings. The second-order valence-electron chi connectivity index (χ2n) is 7.46. The predicted octanol–water partition coefficient (Wildman–Crippen LogP) is 0.812. The molecule has 0 saturated carbocycles. The molecular formula is C18H30FN3O3. The fourth-order valence-corrected chi connectivity index (χ4v) is 4.06. The monoisotopic (exact) mass is 355 g/mol. The van der Waals surface area contributed by atoms with E-state index in [0.29, 0.717) is 51.7 Å². The number of alkyl halides is 1. The summed E-state index contributed by atoms with van der Waals surface area (Å²) in [6.07, 6.45) is 2.22. The third-order valence-corrected chi connectivity index (χ3v) is 5.79. The Balaban J connectivity index is 1.41. The third kappa shape index (κ3) is 4.91. The summed E-state index contributed by atoms with van der Waals surface area (Å²) in [5.41, 5.74) is 0. The summed E-state index contributed by atoms with van der Waals surface area (Å²) in [7, 11) is 0. The molecule has 0 aromatic heterocycles. The molecule has 0 aromatic rings. The minimum Gasteiger partial charge on any atom is -0.378 e. The van der Waals surface area contributed by atoms with Crippen LogP contribution in [-0.2, 0) is 14.3 Å². The summed E-state index contributed by atoms with van der Waals surface area (Å²) in [6, 6.07) is 0. The van der Waals surface area contributed by atoms with E-state index >= 15 is 0 Å². The van der Waals surface area contributed by atoms with Crippen LogP contribution in [-0.4, -0.2) is 80.3 Å². The van der Waals surface area contributed by atoms with Gasteiger partial charge < -0.3 is 19.9 Å². The van der Waals surface area contributed by atoms with Crippen molar-refractivity contribution in [2.24, 2.45) is 11.8 Å². The smallest absolute Gasteiger partial charge is 0.257 e. The molecule has 3 rings (SSSR count). The van der Waals surface area contributed by atoms with Gasteiger partial charge in [-0.2, -0.15) is 0 Å². The van der Waals surface area contributed by atoms with Crippen LogP contribution in [0.2, 0.25) is 0 Å². The first-order valence-corrected chi connectivity index (χ1v) is 9.64. The lowest BCUT2D eigenvalue weighted by atomic mass is 9.90. The van der Waals surface area contributed by atoms with Crippen LogP contribution in [0, 0.1) is 11.8 Å². The Morgan fingerprint density at radius 2 is 1.64 bits per heavy atom. The van der Waals surface area contributed by atoms with Crippen LogP contribution < -0.4 is 5.32 Å². The molecule has 3 heterocycles. The Kier molecular flexibility index (Phi) is 6.64. The maximum atomic E-state index is 14.5. The first kappa shape index (κ1) is 18.6. The number of ether oxygens (including phenoxy) is 1. The number of amides is 2. The average molecular weight is 355 g/mol. The Morgan fingerprint density at radius 1 is 1.00 bits per heavy atom. The first-order chi connectivity index (χ1) is 12.1. The van der Waals surface area contributed by atoms with Gasteiger partial charge in [0.1, 0.15) is 0 Å². The first-order valence-electron chi connectivity index (χ1n) is 9.64. The number of morpholine rings is 1. The Bertz CT molecular complexity index is 456. The number of halogens is 1. The van der Waals surface area contributed by atoms with E-state index in [2.05, 4.69) is 5.32 Å². The highest BCUT2D eigenvalue weighted by Crippen LogP contribution is 2.26. The van der Waals surface area contributed by atoms with Gasteiger partial charge in [-0.1, -0.05) is 0 Å². The molecule has 7 heteroatoms. The van der Waals surface area contributed by atoms with Gasteiger partial charge in [0.2, 0.25) is 5.91 Å². The van der Waals surface area contributed by atoms with Crippen LogP contribution in [0.25, 0.3) is 0 Å². The van der Waals surface area contributed by atoms with E-state index in [4.69, 9.17) is 4.74 Å². The van der Waals surface area contributed by atoms with Crippen LogP contribution in [0.4, 0.5) is 4.39 Å². The molecule has 2 amide bonds. The number of rotatable bonds is 4. The minimum atomic E-state index is -1.37. The van der Waals surface area contributed by atoms with Gasteiger partial charge in [-0.15, -0.1) is 0 Å². The van der Waals surface area contributed by atoms with E-state index < -0.39 is 6.17 Å². The van der Waals surface area contributed by atoms with E-state index in [1.165, 1.54) is 0 Å². The van der Waals surface area contributed by atoms with Crippen molar-refractivity contribution in [3.8, 4) is 0 Å². The molecule has 6 nitrogen and oxygen atoms in total. The second kappa shape index (κ2) is 8.94. The molecule has 3 saturated heterocycles. The summed E-state index contributed by atoms with van der Waals surface area (Å²) < 4.78 is 19.8. The molecule has 0 spiro atoms. The van der Waals surface area contributed by atoms with Gasteiger partial charge >= 0.3 is 0 Å². The van der Waals surface area contributed by atoms with Crippen LogP contribution in [0.1, 0.15) is 32.1 Å². The lowest BCUT2D eigenvalue weighted by molar-refractivity contribution is -0.141. The van der Waals surface area contributed by atoms with Gasteiger partial charge in [-0.05, 0) is 44.7 Å². The molecule has 0 bridgehead atoms. The highest BCUT2D eigenvalue weighted by atomic mass is 19.1. The van der Waals surface area contributed by atoms with E-state index in [1.54, 1.807) is 4.90 Å². The summed E-state index contributed by atoms with van der Waals surface area (Å²) >= 11 is 0. The average Bonchev–Trinajstić information content (AvgIpc) is 2.69. The van der Waals surface area contributed by atoms with E-state index in [0.717, 1.165) is 38.8 Å².